The normalized spacial score (nSPS) is 11.3. The van der Waals surface area contributed by atoms with Crippen LogP contribution in [0.2, 0.25) is 0 Å². The fraction of sp³-hybridized carbons (Fsp3) is 0.375. The number of allylic oxidation sites excluding steroid dienone is 1. The van der Waals surface area contributed by atoms with E-state index in [1.54, 1.807) is 6.07 Å². The van der Waals surface area contributed by atoms with Crippen molar-refractivity contribution in [2.75, 3.05) is 6.61 Å². The molecule has 0 aliphatic heterocycles. The largest absolute Gasteiger partial charge is 0.450 e. The molecule has 0 N–H and O–H groups in total. The molecule has 4 nitrogen and oxygen atoms in total. The van der Waals surface area contributed by atoms with Gasteiger partial charge in [-0.15, -0.1) is 0 Å². The Morgan fingerprint density at radius 3 is 2.95 bits per heavy atom. The molecule has 4 heteroatoms. The minimum absolute atomic E-state index is 0.0251. The monoisotopic (exact) mass is 273 g/mol. The molecule has 20 heavy (non-hydrogen) atoms. The van der Waals surface area contributed by atoms with E-state index in [0.29, 0.717) is 17.5 Å². The topological polar surface area (TPSA) is 52.3 Å². The first-order chi connectivity index (χ1) is 9.76. The highest BCUT2D eigenvalue weighted by atomic mass is 16.6. The van der Waals surface area contributed by atoms with E-state index in [4.69, 9.17) is 9.15 Å². The first-order valence-corrected chi connectivity index (χ1v) is 6.99. The lowest BCUT2D eigenvalue weighted by Gasteiger charge is -2.03. The lowest BCUT2D eigenvalue weighted by Crippen LogP contribution is -2.06. The van der Waals surface area contributed by atoms with Gasteiger partial charge in [0.15, 0.2) is 0 Å². The second kappa shape index (κ2) is 6.89. The Balaban J connectivity index is 2.41. The molecular weight excluding hydrogens is 254 g/mol. The molecule has 0 aliphatic rings. The molecule has 0 amide bonds. The van der Waals surface area contributed by atoms with Crippen molar-refractivity contribution in [3.63, 3.8) is 0 Å². The maximum atomic E-state index is 12.1. The number of hydrogen-bond acceptors (Lipinski definition) is 4. The van der Waals surface area contributed by atoms with Crippen LogP contribution in [0.1, 0.15) is 38.7 Å². The smallest absolute Gasteiger partial charge is 0.397 e. The molecule has 2 rings (SSSR count). The zero-order chi connectivity index (χ0) is 14.4. The number of nitrogens with zero attached hydrogens (tertiary/aromatic N) is 1. The highest BCUT2D eigenvalue weighted by Gasteiger charge is 2.09. The standard InChI is InChI=1S/C16H19NO3/c1-3-5-6-7-9-12-10-8-11-13-14(12)15(18)20-16(17-13)19-4-2/h7-11H,3-6H2,1-2H3. The predicted molar refractivity (Wildman–Crippen MR) is 80.0 cm³/mol. The van der Waals surface area contributed by atoms with E-state index >= 15 is 0 Å². The third kappa shape index (κ3) is 3.26. The maximum absolute atomic E-state index is 12.1. The molecular formula is C16H19NO3. The van der Waals surface area contributed by atoms with Crippen LogP contribution in [0.4, 0.5) is 0 Å². The first-order valence-electron chi connectivity index (χ1n) is 6.99. The number of aromatic nitrogens is 1. The number of benzene rings is 1. The van der Waals surface area contributed by atoms with Crippen molar-refractivity contribution in [1.29, 1.82) is 0 Å². The molecule has 0 bridgehead atoms. The van der Waals surface area contributed by atoms with Crippen LogP contribution >= 0.6 is 0 Å². The number of rotatable bonds is 6. The van der Waals surface area contributed by atoms with Crippen LogP contribution in [0.25, 0.3) is 17.0 Å². The molecule has 0 atom stereocenters. The minimum Gasteiger partial charge on any atom is -0.450 e. The average molecular weight is 273 g/mol. The molecule has 106 valence electrons. The van der Waals surface area contributed by atoms with Crippen LogP contribution in [-0.4, -0.2) is 11.6 Å². The van der Waals surface area contributed by atoms with Crippen molar-refractivity contribution in [2.45, 2.75) is 33.1 Å². The Morgan fingerprint density at radius 2 is 2.20 bits per heavy atom. The fourth-order valence-electron chi connectivity index (χ4n) is 1.98. The second-order valence-electron chi connectivity index (χ2n) is 4.49. The summed E-state index contributed by atoms with van der Waals surface area (Å²) in [6.45, 7) is 4.39. The quantitative estimate of drug-likeness (QED) is 0.751. The highest BCUT2D eigenvalue weighted by Crippen LogP contribution is 2.18. The lowest BCUT2D eigenvalue weighted by atomic mass is 10.1. The molecule has 0 spiro atoms. The van der Waals surface area contributed by atoms with Gasteiger partial charge in [0.1, 0.15) is 0 Å². The Hall–Kier alpha value is -2.10. The highest BCUT2D eigenvalue weighted by molar-refractivity contribution is 5.86. The first kappa shape index (κ1) is 14.3. The minimum atomic E-state index is -0.408. The van der Waals surface area contributed by atoms with E-state index < -0.39 is 5.63 Å². The third-order valence-electron chi connectivity index (χ3n) is 2.96. The maximum Gasteiger partial charge on any atom is 0.397 e. The molecule has 2 aromatic rings. The lowest BCUT2D eigenvalue weighted by molar-refractivity contribution is 0.229. The molecule has 1 aromatic carbocycles. The Kier molecular flexibility index (Phi) is 4.93. The van der Waals surface area contributed by atoms with E-state index in [1.807, 2.05) is 25.1 Å². The summed E-state index contributed by atoms with van der Waals surface area (Å²) < 4.78 is 10.2. The van der Waals surface area contributed by atoms with E-state index in [0.717, 1.165) is 24.8 Å². The molecule has 0 radical (unpaired) electrons. The molecule has 0 fully saturated rings. The van der Waals surface area contributed by atoms with Gasteiger partial charge in [0.2, 0.25) is 0 Å². The van der Waals surface area contributed by atoms with Crippen LogP contribution in [0.5, 0.6) is 6.08 Å². The summed E-state index contributed by atoms with van der Waals surface area (Å²) in [7, 11) is 0. The average Bonchev–Trinajstić information content (AvgIpc) is 2.44. The zero-order valence-electron chi connectivity index (χ0n) is 11.9. The molecule has 1 aromatic heterocycles. The predicted octanol–water partition coefficient (Wildman–Crippen LogP) is 3.79. The molecule has 0 aliphatic carbocycles. The van der Waals surface area contributed by atoms with Crippen LogP contribution in [0, 0.1) is 0 Å². The van der Waals surface area contributed by atoms with E-state index in [2.05, 4.69) is 18.0 Å². The van der Waals surface area contributed by atoms with Crippen molar-refractivity contribution in [1.82, 2.24) is 4.98 Å². The number of hydrogen-bond donors (Lipinski definition) is 0. The second-order valence-corrected chi connectivity index (χ2v) is 4.49. The van der Waals surface area contributed by atoms with Gasteiger partial charge in [-0.2, -0.15) is 4.98 Å². The summed E-state index contributed by atoms with van der Waals surface area (Å²) in [6.07, 6.45) is 7.36. The molecule has 0 unspecified atom stereocenters. The van der Waals surface area contributed by atoms with Crippen molar-refractivity contribution in [3.8, 4) is 6.08 Å². The van der Waals surface area contributed by atoms with Gasteiger partial charge < -0.3 is 9.15 Å². The summed E-state index contributed by atoms with van der Waals surface area (Å²) in [5.74, 6) is 0. The zero-order valence-corrected chi connectivity index (χ0v) is 11.9. The van der Waals surface area contributed by atoms with Gasteiger partial charge in [0, 0.05) is 0 Å². The van der Waals surface area contributed by atoms with Crippen LogP contribution in [0.15, 0.2) is 33.5 Å². The van der Waals surface area contributed by atoms with Gasteiger partial charge in [-0.3, -0.25) is 0 Å². The van der Waals surface area contributed by atoms with E-state index in [-0.39, 0.29) is 6.08 Å². The van der Waals surface area contributed by atoms with Crippen molar-refractivity contribution in [3.05, 3.63) is 40.3 Å². The number of ether oxygens (including phenoxy) is 1. The fourth-order valence-corrected chi connectivity index (χ4v) is 1.98. The summed E-state index contributed by atoms with van der Waals surface area (Å²) in [6, 6.07) is 5.56. The van der Waals surface area contributed by atoms with Crippen LogP contribution in [-0.2, 0) is 0 Å². The number of unbranched alkanes of at least 4 members (excludes halogenated alkanes) is 2. The molecule has 0 saturated carbocycles. The molecule has 0 saturated heterocycles. The van der Waals surface area contributed by atoms with Gasteiger partial charge in [0.25, 0.3) is 0 Å². The Labute approximate surface area is 118 Å². The van der Waals surface area contributed by atoms with Gasteiger partial charge in [-0.25, -0.2) is 4.79 Å². The summed E-state index contributed by atoms with van der Waals surface area (Å²) in [4.78, 5) is 16.3. The van der Waals surface area contributed by atoms with Crippen molar-refractivity contribution < 1.29 is 9.15 Å². The van der Waals surface area contributed by atoms with Crippen molar-refractivity contribution in [2.24, 2.45) is 0 Å². The number of fused-ring (bicyclic) bond motifs is 1. The van der Waals surface area contributed by atoms with Crippen molar-refractivity contribution >= 4 is 17.0 Å². The van der Waals surface area contributed by atoms with E-state index in [9.17, 15) is 4.79 Å². The van der Waals surface area contributed by atoms with Gasteiger partial charge in [0.05, 0.1) is 17.5 Å². The third-order valence-corrected chi connectivity index (χ3v) is 2.96. The van der Waals surface area contributed by atoms with Gasteiger partial charge in [-0.05, 0) is 25.0 Å². The SMILES string of the molecule is CCCCC=Cc1cccc2nc(OCC)oc(=O)c12. The Bertz CT molecular complexity index is 658. The summed E-state index contributed by atoms with van der Waals surface area (Å²) in [5, 5.41) is 0.503. The van der Waals surface area contributed by atoms with Gasteiger partial charge >= 0.3 is 11.7 Å². The molecule has 1 heterocycles. The van der Waals surface area contributed by atoms with Gasteiger partial charge in [-0.1, -0.05) is 44.1 Å². The van der Waals surface area contributed by atoms with E-state index in [1.165, 1.54) is 0 Å². The van der Waals surface area contributed by atoms with Crippen LogP contribution in [0.3, 0.4) is 0 Å². The summed E-state index contributed by atoms with van der Waals surface area (Å²) >= 11 is 0. The van der Waals surface area contributed by atoms with Crippen LogP contribution < -0.4 is 10.4 Å². The summed E-state index contributed by atoms with van der Waals surface area (Å²) in [5.41, 5.74) is 1.03. The Morgan fingerprint density at radius 1 is 1.35 bits per heavy atom.